The Morgan fingerprint density at radius 1 is 1.19 bits per heavy atom. The standard InChI is InChI=1S/C26H31Cl2N3O5.CH4/c1-14-10-15(2)29-25(34)19(14)12-31-9-6-17-20(27)11-18(23(28)22(17)26(31)35)24(36-3)16-4-7-30(8-5-16)21(33)13-32;/h10-11,16,24,32H,4-9,12-13H2,1-3H3,(H,29,34);1H4. The van der Waals surface area contributed by atoms with E-state index in [2.05, 4.69) is 4.98 Å². The van der Waals surface area contributed by atoms with E-state index in [1.165, 1.54) is 0 Å². The first-order valence-electron chi connectivity index (χ1n) is 12.1. The number of benzene rings is 1. The van der Waals surface area contributed by atoms with Crippen molar-refractivity contribution in [2.24, 2.45) is 5.92 Å². The van der Waals surface area contributed by atoms with Crippen LogP contribution in [-0.2, 0) is 22.5 Å². The lowest BCUT2D eigenvalue weighted by atomic mass is 9.85. The van der Waals surface area contributed by atoms with Crippen molar-refractivity contribution in [3.8, 4) is 0 Å². The number of halogens is 2. The fraction of sp³-hybridized carbons (Fsp3) is 0.519. The SMILES string of the molecule is C.COC(c1cc(Cl)c2c(c1Cl)C(=O)N(Cc1c(C)cc(C)[nH]c1=O)CC2)C1CCN(C(=O)CO)CC1. The van der Waals surface area contributed by atoms with E-state index in [1.54, 1.807) is 23.0 Å². The summed E-state index contributed by atoms with van der Waals surface area (Å²) in [6, 6.07) is 3.68. The van der Waals surface area contributed by atoms with Crippen molar-refractivity contribution < 1.29 is 19.4 Å². The summed E-state index contributed by atoms with van der Waals surface area (Å²) in [5, 5.41) is 9.93. The van der Waals surface area contributed by atoms with Gasteiger partial charge in [0.25, 0.3) is 11.5 Å². The van der Waals surface area contributed by atoms with Crippen LogP contribution in [0.25, 0.3) is 0 Å². The number of aliphatic hydroxyl groups excluding tert-OH is 1. The molecule has 2 amide bonds. The molecule has 0 radical (unpaired) electrons. The fourth-order valence-electron chi connectivity index (χ4n) is 5.41. The molecule has 2 N–H and O–H groups in total. The van der Waals surface area contributed by atoms with E-state index in [9.17, 15) is 14.4 Å². The largest absolute Gasteiger partial charge is 0.387 e. The van der Waals surface area contributed by atoms with Gasteiger partial charge in [-0.15, -0.1) is 0 Å². The number of aliphatic hydroxyl groups is 1. The van der Waals surface area contributed by atoms with Crippen molar-refractivity contribution >= 4 is 35.0 Å². The maximum Gasteiger partial charge on any atom is 0.256 e. The molecule has 10 heteroatoms. The summed E-state index contributed by atoms with van der Waals surface area (Å²) in [6.07, 6.45) is 1.47. The topological polar surface area (TPSA) is 103 Å². The second-order valence-corrected chi connectivity index (χ2v) is 10.4. The van der Waals surface area contributed by atoms with E-state index in [0.29, 0.717) is 71.2 Å². The highest BCUT2D eigenvalue weighted by atomic mass is 35.5. The third-order valence-electron chi connectivity index (χ3n) is 7.34. The molecule has 1 unspecified atom stereocenters. The minimum atomic E-state index is -0.503. The van der Waals surface area contributed by atoms with Gasteiger partial charge in [-0.25, -0.2) is 0 Å². The number of ether oxygens (including phenoxy) is 1. The summed E-state index contributed by atoms with van der Waals surface area (Å²) >= 11 is 13.6. The molecule has 3 heterocycles. The summed E-state index contributed by atoms with van der Waals surface area (Å²) in [6.45, 7) is 4.82. The van der Waals surface area contributed by atoms with Crippen LogP contribution in [0.1, 0.15) is 64.7 Å². The molecule has 1 saturated heterocycles. The van der Waals surface area contributed by atoms with Crippen molar-refractivity contribution in [3.05, 3.63) is 66.0 Å². The Hall–Kier alpha value is -2.39. The van der Waals surface area contributed by atoms with Gasteiger partial charge in [-0.1, -0.05) is 30.6 Å². The fourth-order valence-corrected chi connectivity index (χ4v) is 6.07. The molecule has 2 aliphatic rings. The predicted molar refractivity (Wildman–Crippen MR) is 144 cm³/mol. The van der Waals surface area contributed by atoms with E-state index < -0.39 is 12.7 Å². The molecular weight excluding hydrogens is 517 g/mol. The number of likely N-dealkylation sites (tertiary alicyclic amines) is 1. The average Bonchev–Trinajstić information content (AvgIpc) is 2.85. The number of nitrogens with one attached hydrogen (secondary N) is 1. The Morgan fingerprint density at radius 2 is 1.86 bits per heavy atom. The number of methoxy groups -OCH3 is 1. The van der Waals surface area contributed by atoms with Gasteiger partial charge >= 0.3 is 0 Å². The van der Waals surface area contributed by atoms with E-state index in [4.69, 9.17) is 33.0 Å². The van der Waals surface area contributed by atoms with Gasteiger partial charge < -0.3 is 24.6 Å². The molecule has 2 aromatic rings. The van der Waals surface area contributed by atoms with Gasteiger partial charge in [-0.3, -0.25) is 14.4 Å². The first-order chi connectivity index (χ1) is 17.2. The molecule has 0 spiro atoms. The summed E-state index contributed by atoms with van der Waals surface area (Å²) in [7, 11) is 1.60. The lowest BCUT2D eigenvalue weighted by Gasteiger charge is -2.37. The monoisotopic (exact) mass is 551 g/mol. The van der Waals surface area contributed by atoms with Crippen molar-refractivity contribution in [1.29, 1.82) is 0 Å². The molecule has 8 nitrogen and oxygen atoms in total. The minimum Gasteiger partial charge on any atom is -0.387 e. The summed E-state index contributed by atoms with van der Waals surface area (Å²) in [5.74, 6) is -0.485. The van der Waals surface area contributed by atoms with Crippen molar-refractivity contribution in [2.75, 3.05) is 33.4 Å². The van der Waals surface area contributed by atoms with E-state index in [-0.39, 0.29) is 37.3 Å². The number of carbonyl (C=O) groups excluding carboxylic acids is 2. The molecule has 1 atom stereocenters. The number of rotatable bonds is 6. The minimum absolute atomic E-state index is 0. The van der Waals surface area contributed by atoms with Gasteiger partial charge in [0.15, 0.2) is 0 Å². The molecule has 0 saturated carbocycles. The lowest BCUT2D eigenvalue weighted by molar-refractivity contribution is -0.136. The van der Waals surface area contributed by atoms with Crippen molar-refractivity contribution in [2.45, 2.75) is 53.2 Å². The highest BCUT2D eigenvalue weighted by Crippen LogP contribution is 2.42. The third kappa shape index (κ3) is 5.72. The third-order valence-corrected chi connectivity index (χ3v) is 8.08. The summed E-state index contributed by atoms with van der Waals surface area (Å²) in [5.41, 5.74) is 3.67. The Kier molecular flexibility index (Phi) is 9.45. The van der Waals surface area contributed by atoms with Gasteiger partial charge in [0, 0.05) is 48.6 Å². The molecule has 0 bridgehead atoms. The number of fused-ring (bicyclic) bond motifs is 1. The first-order valence-corrected chi connectivity index (χ1v) is 12.8. The number of amides is 2. The Bertz CT molecular complexity index is 1240. The van der Waals surface area contributed by atoms with Gasteiger partial charge in [0.05, 0.1) is 23.2 Å². The molecule has 1 aromatic carbocycles. The normalized spacial score (nSPS) is 16.9. The number of hydrogen-bond acceptors (Lipinski definition) is 5. The number of nitrogens with zero attached hydrogens (tertiary/aromatic N) is 2. The Morgan fingerprint density at radius 3 is 2.46 bits per heavy atom. The molecule has 202 valence electrons. The van der Waals surface area contributed by atoms with Crippen LogP contribution in [0.2, 0.25) is 10.0 Å². The summed E-state index contributed by atoms with van der Waals surface area (Å²) in [4.78, 5) is 44.1. The molecule has 1 aromatic heterocycles. The smallest absolute Gasteiger partial charge is 0.256 e. The van der Waals surface area contributed by atoms with Crippen LogP contribution < -0.4 is 5.56 Å². The van der Waals surface area contributed by atoms with Crippen LogP contribution >= 0.6 is 23.2 Å². The van der Waals surface area contributed by atoms with Crippen molar-refractivity contribution in [3.63, 3.8) is 0 Å². The number of H-pyrrole nitrogens is 1. The second kappa shape index (κ2) is 12.0. The number of hydrogen-bond donors (Lipinski definition) is 2. The van der Waals surface area contributed by atoms with Crippen LogP contribution in [0.4, 0.5) is 0 Å². The van der Waals surface area contributed by atoms with Gasteiger partial charge in [-0.2, -0.15) is 0 Å². The zero-order valence-electron chi connectivity index (χ0n) is 20.7. The molecule has 1 fully saturated rings. The number of aromatic nitrogens is 1. The van der Waals surface area contributed by atoms with Crippen LogP contribution in [0.15, 0.2) is 16.9 Å². The van der Waals surface area contributed by atoms with Crippen LogP contribution in [-0.4, -0.2) is 65.1 Å². The lowest BCUT2D eigenvalue weighted by Crippen LogP contribution is -2.41. The van der Waals surface area contributed by atoms with Crippen LogP contribution in [0, 0.1) is 19.8 Å². The first kappa shape index (κ1) is 29.2. The highest BCUT2D eigenvalue weighted by Gasteiger charge is 2.35. The molecule has 0 aliphatic carbocycles. The Balaban J connectivity index is 0.00000380. The van der Waals surface area contributed by atoms with E-state index >= 15 is 0 Å². The maximum absolute atomic E-state index is 13.6. The number of carbonyl (C=O) groups is 2. The number of piperidine rings is 1. The Labute approximate surface area is 227 Å². The number of aromatic amines is 1. The van der Waals surface area contributed by atoms with Crippen LogP contribution in [0.5, 0.6) is 0 Å². The molecule has 37 heavy (non-hydrogen) atoms. The molecule has 2 aliphatic heterocycles. The zero-order chi connectivity index (χ0) is 26.1. The average molecular weight is 552 g/mol. The molecule has 4 rings (SSSR count). The summed E-state index contributed by atoms with van der Waals surface area (Å²) < 4.78 is 5.86. The maximum atomic E-state index is 13.6. The number of aryl methyl sites for hydroxylation is 2. The number of pyridine rings is 1. The second-order valence-electron chi connectivity index (χ2n) is 9.57. The highest BCUT2D eigenvalue weighted by molar-refractivity contribution is 6.37. The predicted octanol–water partition coefficient (Wildman–Crippen LogP) is 4.05. The van der Waals surface area contributed by atoms with Crippen molar-refractivity contribution in [1.82, 2.24) is 14.8 Å². The van der Waals surface area contributed by atoms with E-state index in [0.717, 1.165) is 11.3 Å². The van der Waals surface area contributed by atoms with E-state index in [1.807, 2.05) is 19.9 Å². The van der Waals surface area contributed by atoms with Gasteiger partial charge in [0.1, 0.15) is 6.61 Å². The zero-order valence-corrected chi connectivity index (χ0v) is 22.2. The molecular formula is C27H35Cl2N3O5. The van der Waals surface area contributed by atoms with Crippen LogP contribution in [0.3, 0.4) is 0 Å². The van der Waals surface area contributed by atoms with Gasteiger partial charge in [0.2, 0.25) is 5.91 Å². The van der Waals surface area contributed by atoms with Gasteiger partial charge in [-0.05, 0) is 62.3 Å². The quantitative estimate of drug-likeness (QED) is 0.563.